The highest BCUT2D eigenvalue weighted by molar-refractivity contribution is 6.36. The van der Waals surface area contributed by atoms with Crippen LogP contribution in [0.1, 0.15) is 109 Å². The summed E-state index contributed by atoms with van der Waals surface area (Å²) in [6.45, 7) is 48.4. The molecule has 0 amide bonds. The molecule has 16 N–H and O–H groups in total. The Morgan fingerprint density at radius 2 is 0.627 bits per heavy atom. The molecule has 0 spiro atoms. The zero-order valence-corrected chi connectivity index (χ0v) is 71.2. The highest BCUT2D eigenvalue weighted by Crippen LogP contribution is 2.38. The first-order valence-corrected chi connectivity index (χ1v) is 39.9. The van der Waals surface area contributed by atoms with Gasteiger partial charge in [0.25, 0.3) is 33.6 Å². The highest BCUT2D eigenvalue weighted by Gasteiger charge is 2.28. The van der Waals surface area contributed by atoms with Gasteiger partial charge >= 0.3 is 0 Å². The van der Waals surface area contributed by atoms with Crippen molar-refractivity contribution >= 4 is 148 Å². The van der Waals surface area contributed by atoms with Gasteiger partial charge in [0, 0.05) is 22.8 Å². The average Bonchev–Trinajstić information content (AvgIpc) is 0.762. The number of halogens is 2. The van der Waals surface area contributed by atoms with Crippen LogP contribution in [0.25, 0.3) is 85.5 Å². The van der Waals surface area contributed by atoms with Crippen molar-refractivity contribution in [3.8, 4) is 22.7 Å². The third-order valence-electron chi connectivity index (χ3n) is 20.6. The second kappa shape index (κ2) is 37.1. The number of para-hydroxylation sites is 4. The molecule has 126 heavy (non-hydrogen) atoms. The number of aryl methyl sites for hydroxylation is 6. The third-order valence-corrected chi connectivity index (χ3v) is 21.2. The van der Waals surface area contributed by atoms with Gasteiger partial charge in [-0.05, 0) is 175 Å². The Hall–Kier alpha value is -16.7. The van der Waals surface area contributed by atoms with E-state index < -0.39 is 18.1 Å². The van der Waals surface area contributed by atoms with E-state index >= 15 is 0 Å². The molecule has 0 aliphatic carbocycles. The maximum Gasteiger partial charge on any atom is 0.268 e. The molecule has 0 saturated heterocycles. The molecule has 16 aromatic rings. The van der Waals surface area contributed by atoms with Crippen molar-refractivity contribution in [2.75, 3.05) is 55.7 Å². The van der Waals surface area contributed by atoms with Crippen molar-refractivity contribution in [1.29, 1.82) is 0 Å². The van der Waals surface area contributed by atoms with E-state index in [4.69, 9.17) is 93.9 Å². The molecule has 0 saturated carbocycles. The Morgan fingerprint density at radius 1 is 0.325 bits per heavy atom. The SMILES string of the molecule is [C-]#[N+]c1c(C)nc(N)nc1NC(C)c1cc2cccc(Cl)c2c(=O)n1-c1ccccc1.[C-]#[N+]c1c(C)nc(N)nc1NC(C)c1nc2cccc(C)c2c(=O)n1-c1ccccc1C.[C-]#[N+]c1c(N)nc(N)nc1NC(C)c1cc2cccc(Cl)c2c(=O)n1-c1ccccc1.[C-]#[N+]c1c(N)nc(N)nc1NC(C)c1nc2cccc(C)c2c(=O)n1-c1ccccc1C. The fraction of sp³-hybridized carbons (Fsp3) is 0.152. The molecule has 0 fully saturated rings. The summed E-state index contributed by atoms with van der Waals surface area (Å²) < 4.78 is 6.46. The molecule has 0 radical (unpaired) electrons. The summed E-state index contributed by atoms with van der Waals surface area (Å²) in [5.74, 6) is 2.02. The minimum absolute atomic E-state index is 0.0112. The van der Waals surface area contributed by atoms with E-state index in [0.717, 1.165) is 39.0 Å². The lowest BCUT2D eigenvalue weighted by Gasteiger charge is -2.22. The Balaban J connectivity index is 0.000000144. The van der Waals surface area contributed by atoms with Gasteiger partial charge in [-0.25, -0.2) is 69.2 Å². The van der Waals surface area contributed by atoms with Gasteiger partial charge in [-0.15, -0.1) is 0 Å². The van der Waals surface area contributed by atoms with E-state index in [1.165, 1.54) is 0 Å². The van der Waals surface area contributed by atoms with Crippen LogP contribution in [0.2, 0.25) is 10.0 Å². The Labute approximate surface area is 731 Å². The van der Waals surface area contributed by atoms with E-state index in [9.17, 15) is 19.2 Å². The Bertz CT molecular complexity index is 7000. The zero-order valence-electron chi connectivity index (χ0n) is 69.7. The first kappa shape index (κ1) is 87.1. The molecular weight excluding hydrogens is 1630 g/mol. The van der Waals surface area contributed by atoms with Crippen molar-refractivity contribution in [3.05, 3.63) is 348 Å². The van der Waals surface area contributed by atoms with Crippen LogP contribution in [-0.4, -0.2) is 68.1 Å². The van der Waals surface area contributed by atoms with Gasteiger partial charge in [0.05, 0.1) is 116 Å². The zero-order chi connectivity index (χ0) is 90.2. The number of fused-ring (bicyclic) bond motifs is 4. The first-order chi connectivity index (χ1) is 60.4. The Kier molecular flexibility index (Phi) is 25.7. The average molecular weight is 1710 g/mol. The predicted octanol–water partition coefficient (Wildman–Crippen LogP) is 17.5. The van der Waals surface area contributed by atoms with E-state index in [1.54, 1.807) is 50.3 Å². The first-order valence-electron chi connectivity index (χ1n) is 39.1. The summed E-state index contributed by atoms with van der Waals surface area (Å²) in [7, 11) is 0. The molecule has 4 atom stereocenters. The van der Waals surface area contributed by atoms with Crippen LogP contribution in [0.3, 0.4) is 0 Å². The summed E-state index contributed by atoms with van der Waals surface area (Å²) >= 11 is 12.7. The summed E-state index contributed by atoms with van der Waals surface area (Å²) in [6.07, 6.45) is 0. The summed E-state index contributed by atoms with van der Waals surface area (Å²) in [5.41, 5.74) is 44.7. The van der Waals surface area contributed by atoms with Gasteiger partial charge in [-0.3, -0.25) is 37.4 Å². The highest BCUT2D eigenvalue weighted by atomic mass is 35.5. The predicted molar refractivity (Wildman–Crippen MR) is 500 cm³/mol. The lowest BCUT2D eigenvalue weighted by molar-refractivity contribution is 0.729. The molecule has 34 heteroatoms. The Morgan fingerprint density at radius 3 is 0.976 bits per heavy atom. The number of pyridine rings is 2. The molecule has 8 aromatic carbocycles. The van der Waals surface area contributed by atoms with Crippen molar-refractivity contribution < 1.29 is 0 Å². The number of nitrogens with one attached hydrogen (secondary N) is 4. The number of benzene rings is 8. The minimum Gasteiger partial charge on any atom is -0.392 e. The lowest BCUT2D eigenvalue weighted by Crippen LogP contribution is -2.28. The van der Waals surface area contributed by atoms with E-state index in [2.05, 4.69) is 80.5 Å². The molecule has 16 rings (SSSR count). The van der Waals surface area contributed by atoms with Crippen LogP contribution in [0.15, 0.2) is 213 Å². The van der Waals surface area contributed by atoms with Gasteiger partial charge in [0.15, 0.2) is 0 Å². The largest absolute Gasteiger partial charge is 0.392 e. The molecule has 0 aliphatic rings. The number of anilines is 10. The van der Waals surface area contributed by atoms with Gasteiger partial charge in [-0.1, -0.05) is 145 Å². The van der Waals surface area contributed by atoms with Gasteiger partial charge in [-0.2, -0.15) is 0 Å². The van der Waals surface area contributed by atoms with E-state index in [-0.39, 0.29) is 92.4 Å². The molecule has 8 aromatic heterocycles. The molecule has 32 nitrogen and oxygen atoms in total. The number of nitrogens with zero attached hydrogens (tertiary/aromatic N) is 18. The number of aromatic nitrogens is 14. The molecule has 8 heterocycles. The van der Waals surface area contributed by atoms with Crippen LogP contribution in [0.4, 0.5) is 81.5 Å². The molecule has 628 valence electrons. The van der Waals surface area contributed by atoms with E-state index in [1.807, 2.05) is 231 Å². The topological polar surface area (TPSA) is 439 Å². The lowest BCUT2D eigenvalue weighted by atomic mass is 10.1. The fourth-order valence-electron chi connectivity index (χ4n) is 14.7. The molecule has 4 unspecified atom stereocenters. The number of nitrogen functional groups attached to an aromatic ring is 6. The smallest absolute Gasteiger partial charge is 0.268 e. The summed E-state index contributed by atoms with van der Waals surface area (Å²) in [4.78, 5) is 111. The van der Waals surface area contributed by atoms with Gasteiger partial charge < -0.3 is 55.7 Å². The normalized spacial score (nSPS) is 11.8. The second-order valence-corrected chi connectivity index (χ2v) is 30.0. The quantitative estimate of drug-likeness (QED) is 0.0402. The van der Waals surface area contributed by atoms with E-state index in [0.29, 0.717) is 111 Å². The number of nitrogens with two attached hydrogens (primary N) is 6. The summed E-state index contributed by atoms with van der Waals surface area (Å²) in [5, 5.41) is 17.0. The third kappa shape index (κ3) is 17.8. The van der Waals surface area contributed by atoms with Crippen molar-refractivity contribution in [2.45, 2.75) is 93.4 Å². The van der Waals surface area contributed by atoms with Gasteiger partial charge in [0.2, 0.25) is 35.2 Å². The van der Waals surface area contributed by atoms with Crippen LogP contribution >= 0.6 is 23.2 Å². The van der Waals surface area contributed by atoms with Crippen LogP contribution in [0.5, 0.6) is 0 Å². The van der Waals surface area contributed by atoms with Crippen LogP contribution < -0.4 is 77.9 Å². The van der Waals surface area contributed by atoms with Gasteiger partial charge in [0.1, 0.15) is 46.6 Å². The molecular formula is C92H82Cl2N28O4. The fourth-order valence-corrected chi connectivity index (χ4v) is 15.2. The maximum atomic E-state index is 13.7. The van der Waals surface area contributed by atoms with Crippen LogP contribution in [-0.2, 0) is 0 Å². The van der Waals surface area contributed by atoms with Crippen molar-refractivity contribution in [3.63, 3.8) is 0 Å². The number of hydrogen-bond acceptors (Lipinski definition) is 24. The monoisotopic (exact) mass is 1710 g/mol. The summed E-state index contributed by atoms with van der Waals surface area (Å²) in [6, 6.07) is 57.8. The maximum absolute atomic E-state index is 13.7. The molecule has 0 aliphatic heterocycles. The number of rotatable bonds is 16. The standard InChI is InChI=1S/C24H23N7O.C23H19ClN6O.C23H22N8O.C22H18ClN7O/c1-13-9-6-7-12-18(13)31-22(29-17-11-8-10-14(2)19(17)23(31)32)16(4)27-21-20(26-5)15(3)28-24(25)30-21;1-13(27-21-20(26-3)14(2)28-23(25)29-21)18-12-15-8-7-11-17(24)19(15)22(31)30(18)16-9-5-4-6-10-16;1-12-8-5-6-11-16(12)31-21(28-15-10-7-9-13(2)17(15)22(31)32)14(3)27-20-18(26-4)19(24)29-23(25)30-20;1-12(27-20-18(26-2)19(24)28-22(25)29-20)16-11-13-7-6-10-15(23)17(13)21(31)30(16)14-8-4-3-5-9-14/h6-12,16H,1-4H3,(H3,25,27,28,30);4-13H,1-2H3,(H3,25,27,28,29);5-11,14H,1-3H3,(H5,24,25,27,29,30);3-12H,1H3,(H5,24,25,27,28,29). The van der Waals surface area contributed by atoms with Crippen molar-refractivity contribution in [2.24, 2.45) is 0 Å². The number of hydrogen-bond donors (Lipinski definition) is 10. The minimum atomic E-state index is -0.513. The van der Waals surface area contributed by atoms with Crippen molar-refractivity contribution in [1.82, 2.24) is 68.1 Å². The second-order valence-electron chi connectivity index (χ2n) is 29.2. The molecule has 0 bridgehead atoms. The van der Waals surface area contributed by atoms with Crippen LogP contribution in [0, 0.1) is 67.8 Å².